The number of ether oxygens (including phenoxy) is 1. The molecule has 1 heterocycles. The van der Waals surface area contributed by atoms with Gasteiger partial charge in [-0.15, -0.1) is 10.2 Å². The van der Waals surface area contributed by atoms with Gasteiger partial charge in [0.15, 0.2) is 5.16 Å². The van der Waals surface area contributed by atoms with E-state index in [4.69, 9.17) is 9.84 Å². The molecule has 0 saturated carbocycles. The predicted octanol–water partition coefficient (Wildman–Crippen LogP) is 0.490. The first-order valence-corrected chi connectivity index (χ1v) is 5.37. The Morgan fingerprint density at radius 1 is 1.80 bits per heavy atom. The molecule has 0 aliphatic carbocycles. The smallest absolute Gasteiger partial charge is 0.313 e. The minimum absolute atomic E-state index is 0.0138. The van der Waals surface area contributed by atoms with Crippen LogP contribution in [0.5, 0.6) is 0 Å². The molecule has 84 valence electrons. The topological polar surface area (TPSA) is 77.2 Å². The fourth-order valence-corrected chi connectivity index (χ4v) is 1.60. The Hall–Kier alpha value is -1.08. The van der Waals surface area contributed by atoms with Gasteiger partial charge in [0.05, 0.1) is 18.4 Å². The first kappa shape index (κ1) is 12.0. The fraction of sp³-hybridized carbons (Fsp3) is 0.625. The molecule has 1 rings (SSSR count). The largest absolute Gasteiger partial charge is 0.481 e. The Morgan fingerprint density at radius 3 is 3.13 bits per heavy atom. The van der Waals surface area contributed by atoms with Crippen molar-refractivity contribution in [2.75, 3.05) is 12.9 Å². The van der Waals surface area contributed by atoms with E-state index in [1.54, 1.807) is 18.0 Å². The van der Waals surface area contributed by atoms with Crippen molar-refractivity contribution in [3.8, 4) is 0 Å². The maximum Gasteiger partial charge on any atom is 0.313 e. The average Bonchev–Trinajstić information content (AvgIpc) is 2.62. The third kappa shape index (κ3) is 3.88. The van der Waals surface area contributed by atoms with Gasteiger partial charge in [-0.3, -0.25) is 4.79 Å². The lowest BCUT2D eigenvalue weighted by Gasteiger charge is -2.10. The molecule has 15 heavy (non-hydrogen) atoms. The molecule has 1 aromatic heterocycles. The van der Waals surface area contributed by atoms with E-state index in [-0.39, 0.29) is 11.9 Å². The number of carbonyl (C=O) groups is 1. The summed E-state index contributed by atoms with van der Waals surface area (Å²) in [5.74, 6) is -0.880. The summed E-state index contributed by atoms with van der Waals surface area (Å²) in [6, 6.07) is 0. The number of carboxylic acid groups (broad SMARTS) is 1. The molecule has 0 aliphatic heterocycles. The average molecular weight is 231 g/mol. The van der Waals surface area contributed by atoms with Crippen molar-refractivity contribution in [3.63, 3.8) is 0 Å². The monoisotopic (exact) mass is 231 g/mol. The molecule has 0 amide bonds. The van der Waals surface area contributed by atoms with Crippen LogP contribution in [0.2, 0.25) is 0 Å². The second kappa shape index (κ2) is 5.72. The first-order chi connectivity index (χ1) is 7.13. The Kier molecular flexibility index (Phi) is 4.57. The normalized spacial score (nSPS) is 12.7. The third-order valence-electron chi connectivity index (χ3n) is 1.76. The van der Waals surface area contributed by atoms with Crippen molar-refractivity contribution in [1.29, 1.82) is 0 Å². The van der Waals surface area contributed by atoms with Crippen LogP contribution in [-0.2, 0) is 16.1 Å². The second-order valence-corrected chi connectivity index (χ2v) is 3.94. The molecule has 0 aromatic carbocycles. The molecular formula is C8H13N3O3S. The highest BCUT2D eigenvalue weighted by atomic mass is 32.2. The number of nitrogens with zero attached hydrogens (tertiary/aromatic N) is 3. The molecule has 1 unspecified atom stereocenters. The van der Waals surface area contributed by atoms with Gasteiger partial charge in [0.1, 0.15) is 6.33 Å². The van der Waals surface area contributed by atoms with Crippen molar-refractivity contribution in [2.24, 2.45) is 0 Å². The number of aliphatic carboxylic acids is 1. The van der Waals surface area contributed by atoms with Gasteiger partial charge < -0.3 is 14.4 Å². The summed E-state index contributed by atoms with van der Waals surface area (Å²) in [6.07, 6.45) is 1.62. The predicted molar refractivity (Wildman–Crippen MR) is 54.9 cm³/mol. The Balaban J connectivity index is 2.56. The van der Waals surface area contributed by atoms with Crippen LogP contribution < -0.4 is 0 Å². The molecule has 6 nitrogen and oxygen atoms in total. The number of thioether (sulfide) groups is 1. The van der Waals surface area contributed by atoms with Gasteiger partial charge >= 0.3 is 5.97 Å². The molecule has 1 atom stereocenters. The molecule has 7 heteroatoms. The van der Waals surface area contributed by atoms with Crippen LogP contribution in [0.4, 0.5) is 0 Å². The lowest BCUT2D eigenvalue weighted by molar-refractivity contribution is -0.133. The van der Waals surface area contributed by atoms with E-state index in [0.29, 0.717) is 11.7 Å². The SMILES string of the molecule is COC(C)Cn1cnnc1SCC(=O)O. The molecule has 0 aliphatic rings. The molecule has 0 radical (unpaired) electrons. The number of methoxy groups -OCH3 is 1. The van der Waals surface area contributed by atoms with E-state index >= 15 is 0 Å². The summed E-state index contributed by atoms with van der Waals surface area (Å²) >= 11 is 1.15. The number of hydrogen-bond acceptors (Lipinski definition) is 5. The zero-order chi connectivity index (χ0) is 11.3. The lowest BCUT2D eigenvalue weighted by atomic mass is 10.4. The van der Waals surface area contributed by atoms with Crippen molar-refractivity contribution in [1.82, 2.24) is 14.8 Å². The maximum atomic E-state index is 10.4. The molecule has 0 saturated heterocycles. The number of aromatic nitrogens is 3. The number of hydrogen-bond donors (Lipinski definition) is 1. The van der Waals surface area contributed by atoms with Gasteiger partial charge in [-0.2, -0.15) is 0 Å². The standard InChI is InChI=1S/C8H13N3O3S/c1-6(14-2)3-11-5-9-10-8(11)15-4-7(12)13/h5-6H,3-4H2,1-2H3,(H,12,13). The minimum atomic E-state index is -0.866. The highest BCUT2D eigenvalue weighted by Crippen LogP contribution is 2.14. The van der Waals surface area contributed by atoms with Gasteiger partial charge in [-0.1, -0.05) is 11.8 Å². The van der Waals surface area contributed by atoms with Crippen LogP contribution in [-0.4, -0.2) is 44.8 Å². The van der Waals surface area contributed by atoms with Crippen LogP contribution in [0.1, 0.15) is 6.92 Å². The van der Waals surface area contributed by atoms with E-state index < -0.39 is 5.97 Å². The van der Waals surface area contributed by atoms with Crippen LogP contribution >= 0.6 is 11.8 Å². The molecule has 0 bridgehead atoms. The van der Waals surface area contributed by atoms with Gasteiger partial charge in [0.2, 0.25) is 0 Å². The van der Waals surface area contributed by atoms with E-state index in [2.05, 4.69) is 10.2 Å². The zero-order valence-electron chi connectivity index (χ0n) is 8.58. The van der Waals surface area contributed by atoms with Crippen LogP contribution in [0.15, 0.2) is 11.5 Å². The summed E-state index contributed by atoms with van der Waals surface area (Å²) in [6.45, 7) is 2.54. The van der Waals surface area contributed by atoms with E-state index in [0.717, 1.165) is 11.8 Å². The number of rotatable bonds is 6. The Morgan fingerprint density at radius 2 is 2.53 bits per heavy atom. The van der Waals surface area contributed by atoms with Gasteiger partial charge in [0.25, 0.3) is 0 Å². The highest BCUT2D eigenvalue weighted by Gasteiger charge is 2.09. The first-order valence-electron chi connectivity index (χ1n) is 4.38. The maximum absolute atomic E-state index is 10.4. The second-order valence-electron chi connectivity index (χ2n) is 2.99. The van der Waals surface area contributed by atoms with Crippen molar-refractivity contribution < 1.29 is 14.6 Å². The van der Waals surface area contributed by atoms with E-state index in [9.17, 15) is 4.79 Å². The quantitative estimate of drug-likeness (QED) is 0.718. The summed E-state index contributed by atoms with van der Waals surface area (Å²) in [7, 11) is 1.62. The van der Waals surface area contributed by atoms with Gasteiger partial charge in [0, 0.05) is 7.11 Å². The summed E-state index contributed by atoms with van der Waals surface area (Å²) < 4.78 is 6.88. The number of carboxylic acids is 1. The van der Waals surface area contributed by atoms with Crippen molar-refractivity contribution in [2.45, 2.75) is 24.7 Å². The highest BCUT2D eigenvalue weighted by molar-refractivity contribution is 7.99. The summed E-state index contributed by atoms with van der Waals surface area (Å²) in [4.78, 5) is 10.4. The molecule has 1 aromatic rings. The summed E-state index contributed by atoms with van der Waals surface area (Å²) in [5, 5.41) is 16.7. The molecule has 0 spiro atoms. The molecule has 1 N–H and O–H groups in total. The fourth-order valence-electron chi connectivity index (χ4n) is 0.959. The lowest BCUT2D eigenvalue weighted by Crippen LogP contribution is -2.15. The Bertz CT molecular complexity index is 329. The Labute approximate surface area is 91.6 Å². The third-order valence-corrected chi connectivity index (χ3v) is 2.73. The van der Waals surface area contributed by atoms with Crippen molar-refractivity contribution >= 4 is 17.7 Å². The zero-order valence-corrected chi connectivity index (χ0v) is 9.40. The van der Waals surface area contributed by atoms with Gasteiger partial charge in [-0.25, -0.2) is 0 Å². The van der Waals surface area contributed by atoms with Crippen LogP contribution in [0.25, 0.3) is 0 Å². The molecular weight excluding hydrogens is 218 g/mol. The van der Waals surface area contributed by atoms with Crippen LogP contribution in [0, 0.1) is 0 Å². The van der Waals surface area contributed by atoms with Gasteiger partial charge in [-0.05, 0) is 6.92 Å². The van der Waals surface area contributed by atoms with E-state index in [1.165, 1.54) is 0 Å². The summed E-state index contributed by atoms with van der Waals surface area (Å²) in [5.41, 5.74) is 0. The van der Waals surface area contributed by atoms with Crippen molar-refractivity contribution in [3.05, 3.63) is 6.33 Å². The molecule has 0 fully saturated rings. The van der Waals surface area contributed by atoms with E-state index in [1.807, 2.05) is 6.92 Å². The van der Waals surface area contributed by atoms with Crippen LogP contribution in [0.3, 0.4) is 0 Å². The minimum Gasteiger partial charge on any atom is -0.481 e.